The summed E-state index contributed by atoms with van der Waals surface area (Å²) in [6.07, 6.45) is 2.06. The maximum atomic E-state index is 5.37. The van der Waals surface area contributed by atoms with Crippen LogP contribution in [0.15, 0.2) is 17.6 Å². The molecule has 3 nitrogen and oxygen atoms in total. The number of aromatic nitrogens is 2. The maximum absolute atomic E-state index is 5.37. The smallest absolute Gasteiger partial charge is 0.181 e. The molecule has 4 heteroatoms. The minimum Gasteiger partial charge on any atom is -0.487 e. The Kier molecular flexibility index (Phi) is 3.01. The SMILES string of the molecule is COc1sccc1-c1cn(C)nc1C(C)C. The summed E-state index contributed by atoms with van der Waals surface area (Å²) in [5, 5.41) is 7.51. The van der Waals surface area contributed by atoms with E-state index < -0.39 is 0 Å². The fourth-order valence-electron chi connectivity index (χ4n) is 1.79. The molecule has 0 amide bonds. The molecule has 0 aliphatic carbocycles. The fraction of sp³-hybridized carbons (Fsp3) is 0.417. The third-order valence-corrected chi connectivity index (χ3v) is 3.38. The Morgan fingerprint density at radius 3 is 2.75 bits per heavy atom. The number of rotatable bonds is 3. The summed E-state index contributed by atoms with van der Waals surface area (Å²) in [6.45, 7) is 4.31. The predicted molar refractivity (Wildman–Crippen MR) is 67.2 cm³/mol. The van der Waals surface area contributed by atoms with E-state index in [0.29, 0.717) is 5.92 Å². The van der Waals surface area contributed by atoms with Crippen molar-refractivity contribution < 1.29 is 4.74 Å². The second kappa shape index (κ2) is 4.29. The van der Waals surface area contributed by atoms with Gasteiger partial charge in [0.15, 0.2) is 5.06 Å². The molecule has 0 bridgehead atoms. The first-order valence-electron chi connectivity index (χ1n) is 5.29. The number of ether oxygens (including phenoxy) is 1. The summed E-state index contributed by atoms with van der Waals surface area (Å²) in [6, 6.07) is 2.09. The third-order valence-electron chi connectivity index (χ3n) is 2.51. The summed E-state index contributed by atoms with van der Waals surface area (Å²) in [7, 11) is 3.66. The van der Waals surface area contributed by atoms with Crippen LogP contribution in [0.1, 0.15) is 25.5 Å². The quantitative estimate of drug-likeness (QED) is 0.817. The van der Waals surface area contributed by atoms with E-state index in [4.69, 9.17) is 4.74 Å². The molecule has 0 unspecified atom stereocenters. The van der Waals surface area contributed by atoms with Gasteiger partial charge in [-0.15, -0.1) is 11.3 Å². The summed E-state index contributed by atoms with van der Waals surface area (Å²) >= 11 is 1.61. The normalized spacial score (nSPS) is 11.1. The molecule has 2 rings (SSSR count). The van der Waals surface area contributed by atoms with Crippen LogP contribution in [0.4, 0.5) is 0 Å². The van der Waals surface area contributed by atoms with Gasteiger partial charge in [-0.1, -0.05) is 13.8 Å². The number of hydrogen-bond acceptors (Lipinski definition) is 3. The zero-order valence-electron chi connectivity index (χ0n) is 10.0. The van der Waals surface area contributed by atoms with Gasteiger partial charge < -0.3 is 4.74 Å². The Hall–Kier alpha value is -1.29. The highest BCUT2D eigenvalue weighted by Gasteiger charge is 2.16. The highest BCUT2D eigenvalue weighted by molar-refractivity contribution is 7.12. The molecule has 2 aromatic rings. The van der Waals surface area contributed by atoms with Crippen molar-refractivity contribution in [3.63, 3.8) is 0 Å². The van der Waals surface area contributed by atoms with Crippen LogP contribution in [0.5, 0.6) is 5.06 Å². The minimum absolute atomic E-state index is 0.417. The second-order valence-corrected chi connectivity index (χ2v) is 4.96. The fourth-order valence-corrected chi connectivity index (χ4v) is 2.52. The molecule has 0 spiro atoms. The van der Waals surface area contributed by atoms with Crippen LogP contribution in [0.3, 0.4) is 0 Å². The molecule has 0 aliphatic heterocycles. The van der Waals surface area contributed by atoms with Crippen molar-refractivity contribution in [1.82, 2.24) is 9.78 Å². The van der Waals surface area contributed by atoms with Gasteiger partial charge in [-0.2, -0.15) is 5.10 Å². The third kappa shape index (κ3) is 1.85. The zero-order valence-corrected chi connectivity index (χ0v) is 10.8. The Balaban J connectivity index is 2.55. The number of nitrogens with zero attached hydrogens (tertiary/aromatic N) is 2. The molecule has 2 heterocycles. The van der Waals surface area contributed by atoms with Crippen LogP contribution in [-0.2, 0) is 7.05 Å². The predicted octanol–water partition coefficient (Wildman–Crippen LogP) is 3.28. The van der Waals surface area contributed by atoms with E-state index in [1.165, 1.54) is 5.56 Å². The Bertz CT molecular complexity index is 485. The first-order valence-corrected chi connectivity index (χ1v) is 6.16. The first kappa shape index (κ1) is 11.2. The molecule has 0 N–H and O–H groups in total. The van der Waals surface area contributed by atoms with E-state index in [-0.39, 0.29) is 0 Å². The second-order valence-electron chi connectivity index (χ2n) is 4.08. The largest absolute Gasteiger partial charge is 0.487 e. The van der Waals surface area contributed by atoms with E-state index >= 15 is 0 Å². The molecule has 2 aromatic heterocycles. The van der Waals surface area contributed by atoms with Crippen molar-refractivity contribution in [3.05, 3.63) is 23.3 Å². The van der Waals surface area contributed by atoms with E-state index in [0.717, 1.165) is 16.3 Å². The van der Waals surface area contributed by atoms with Crippen LogP contribution in [0.25, 0.3) is 11.1 Å². The molecular weight excluding hydrogens is 220 g/mol. The van der Waals surface area contributed by atoms with Gasteiger partial charge in [0.25, 0.3) is 0 Å². The number of hydrogen-bond donors (Lipinski definition) is 0. The zero-order chi connectivity index (χ0) is 11.7. The van der Waals surface area contributed by atoms with Gasteiger partial charge in [0, 0.05) is 24.4 Å². The number of thiophene rings is 1. The van der Waals surface area contributed by atoms with Gasteiger partial charge in [0.2, 0.25) is 0 Å². The molecular formula is C12H16N2OS. The van der Waals surface area contributed by atoms with Gasteiger partial charge in [-0.3, -0.25) is 4.68 Å². The average molecular weight is 236 g/mol. The van der Waals surface area contributed by atoms with Gasteiger partial charge in [-0.05, 0) is 17.4 Å². The van der Waals surface area contributed by atoms with E-state index in [2.05, 4.69) is 31.2 Å². The monoisotopic (exact) mass is 236 g/mol. The maximum Gasteiger partial charge on any atom is 0.181 e. The van der Waals surface area contributed by atoms with Crippen molar-refractivity contribution in [2.45, 2.75) is 19.8 Å². The lowest BCUT2D eigenvalue weighted by atomic mass is 10.0. The van der Waals surface area contributed by atoms with Crippen molar-refractivity contribution in [1.29, 1.82) is 0 Å². The van der Waals surface area contributed by atoms with E-state index in [1.54, 1.807) is 18.4 Å². The molecule has 0 aromatic carbocycles. The van der Waals surface area contributed by atoms with Crippen LogP contribution in [0.2, 0.25) is 0 Å². The topological polar surface area (TPSA) is 27.1 Å². The molecule has 0 atom stereocenters. The molecule has 86 valence electrons. The van der Waals surface area contributed by atoms with Gasteiger partial charge in [0.1, 0.15) is 0 Å². The van der Waals surface area contributed by atoms with Crippen LogP contribution in [-0.4, -0.2) is 16.9 Å². The van der Waals surface area contributed by atoms with Crippen LogP contribution < -0.4 is 4.74 Å². The van der Waals surface area contributed by atoms with Gasteiger partial charge >= 0.3 is 0 Å². The molecule has 0 aliphatic rings. The van der Waals surface area contributed by atoms with E-state index in [1.807, 2.05) is 17.1 Å². The van der Waals surface area contributed by atoms with Crippen molar-refractivity contribution in [2.75, 3.05) is 7.11 Å². The average Bonchev–Trinajstić information content (AvgIpc) is 2.82. The van der Waals surface area contributed by atoms with Crippen molar-refractivity contribution >= 4 is 11.3 Å². The number of methoxy groups -OCH3 is 1. The van der Waals surface area contributed by atoms with Gasteiger partial charge in [0.05, 0.1) is 12.8 Å². The lowest BCUT2D eigenvalue weighted by Crippen LogP contribution is -1.93. The van der Waals surface area contributed by atoms with E-state index in [9.17, 15) is 0 Å². The lowest BCUT2D eigenvalue weighted by molar-refractivity contribution is 0.428. The molecule has 0 saturated carbocycles. The first-order chi connectivity index (χ1) is 7.63. The highest BCUT2D eigenvalue weighted by Crippen LogP contribution is 2.38. The molecule has 0 saturated heterocycles. The summed E-state index contributed by atoms with van der Waals surface area (Å²) in [5.41, 5.74) is 3.44. The molecule has 0 radical (unpaired) electrons. The minimum atomic E-state index is 0.417. The summed E-state index contributed by atoms with van der Waals surface area (Å²) < 4.78 is 7.23. The lowest BCUT2D eigenvalue weighted by Gasteiger charge is -2.05. The Morgan fingerprint density at radius 2 is 2.12 bits per heavy atom. The summed E-state index contributed by atoms with van der Waals surface area (Å²) in [5.74, 6) is 0.417. The Morgan fingerprint density at radius 1 is 1.38 bits per heavy atom. The summed E-state index contributed by atoms with van der Waals surface area (Å²) in [4.78, 5) is 0. The molecule has 0 fully saturated rings. The number of aryl methyl sites for hydroxylation is 1. The van der Waals surface area contributed by atoms with Crippen LogP contribution in [0, 0.1) is 0 Å². The van der Waals surface area contributed by atoms with Crippen molar-refractivity contribution in [2.24, 2.45) is 7.05 Å². The van der Waals surface area contributed by atoms with Gasteiger partial charge in [-0.25, -0.2) is 0 Å². The van der Waals surface area contributed by atoms with Crippen molar-refractivity contribution in [3.8, 4) is 16.2 Å². The standard InChI is InChI=1S/C12H16N2OS/c1-8(2)11-10(7-14(3)13-11)9-5-6-16-12(9)15-4/h5-8H,1-4H3. The molecule has 16 heavy (non-hydrogen) atoms. The van der Waals surface area contributed by atoms with Crippen LogP contribution >= 0.6 is 11.3 Å². The Labute approximate surface area is 99.7 Å². The highest BCUT2D eigenvalue weighted by atomic mass is 32.1.